The average molecular weight is 318 g/mol. The van der Waals surface area contributed by atoms with Crippen molar-refractivity contribution in [3.8, 4) is 0 Å². The third-order valence-corrected chi connectivity index (χ3v) is 4.09. The molecule has 1 atom stereocenters. The Morgan fingerprint density at radius 1 is 1.53 bits per heavy atom. The molecule has 1 aliphatic rings. The van der Waals surface area contributed by atoms with Crippen LogP contribution < -0.4 is 10.6 Å². The molecule has 0 aromatic heterocycles. The molecule has 0 unspecified atom stereocenters. The Morgan fingerprint density at radius 2 is 2.35 bits per heavy atom. The van der Waals surface area contributed by atoms with Crippen LogP contribution in [0.4, 0.5) is 5.69 Å². The summed E-state index contributed by atoms with van der Waals surface area (Å²) in [6, 6.07) is 5.42. The van der Waals surface area contributed by atoms with Crippen molar-refractivity contribution in [1.82, 2.24) is 5.32 Å². The fraction of sp³-hybridized carbons (Fsp3) is 0.417. The van der Waals surface area contributed by atoms with E-state index in [9.17, 15) is 4.79 Å². The fourth-order valence-electron chi connectivity index (χ4n) is 1.89. The lowest BCUT2D eigenvalue weighted by atomic mass is 9.99. The van der Waals surface area contributed by atoms with Gasteiger partial charge in [0, 0.05) is 16.7 Å². The van der Waals surface area contributed by atoms with E-state index in [-0.39, 0.29) is 11.8 Å². The largest absolute Gasteiger partial charge is 0.326 e. The maximum atomic E-state index is 12.0. The van der Waals surface area contributed by atoms with Crippen LogP contribution in [-0.4, -0.2) is 19.0 Å². The van der Waals surface area contributed by atoms with Crippen LogP contribution in [-0.2, 0) is 4.79 Å². The molecule has 1 amide bonds. The summed E-state index contributed by atoms with van der Waals surface area (Å²) in [4.78, 5) is 12.0. The lowest BCUT2D eigenvalue weighted by Crippen LogP contribution is -2.37. The summed E-state index contributed by atoms with van der Waals surface area (Å²) in [7, 11) is 0. The van der Waals surface area contributed by atoms with Crippen LogP contribution in [0.3, 0.4) is 0 Å². The van der Waals surface area contributed by atoms with Crippen LogP contribution in [0.25, 0.3) is 0 Å². The molecule has 1 saturated heterocycles. The van der Waals surface area contributed by atoms with Crippen molar-refractivity contribution >= 4 is 39.1 Å². The fourth-order valence-corrected chi connectivity index (χ4v) is 2.32. The Bertz CT molecular complexity index is 419. The van der Waals surface area contributed by atoms with Crippen LogP contribution >= 0.6 is 27.5 Å². The van der Waals surface area contributed by atoms with Gasteiger partial charge in [0.1, 0.15) is 0 Å². The number of hydrogen-bond acceptors (Lipinski definition) is 2. The highest BCUT2D eigenvalue weighted by Gasteiger charge is 2.20. The summed E-state index contributed by atoms with van der Waals surface area (Å²) in [5, 5.41) is 6.72. The van der Waals surface area contributed by atoms with E-state index in [2.05, 4.69) is 26.6 Å². The van der Waals surface area contributed by atoms with Crippen molar-refractivity contribution in [2.24, 2.45) is 5.92 Å². The second-order valence-electron chi connectivity index (χ2n) is 4.16. The van der Waals surface area contributed by atoms with Crippen molar-refractivity contribution in [2.75, 3.05) is 18.4 Å². The van der Waals surface area contributed by atoms with Gasteiger partial charge in [-0.15, -0.1) is 0 Å². The molecule has 1 aliphatic heterocycles. The number of nitrogens with one attached hydrogen (secondary N) is 2. The number of carbonyl (C=O) groups excluding carboxylic acids is 1. The summed E-state index contributed by atoms with van der Waals surface area (Å²) in [6.45, 7) is 1.77. The van der Waals surface area contributed by atoms with Crippen LogP contribution in [0, 0.1) is 5.92 Å². The molecule has 0 aliphatic carbocycles. The van der Waals surface area contributed by atoms with E-state index < -0.39 is 0 Å². The minimum atomic E-state index is 0.0613. The number of rotatable bonds is 2. The summed E-state index contributed by atoms with van der Waals surface area (Å²) >= 11 is 9.29. The Hall–Kier alpha value is -0.580. The van der Waals surface area contributed by atoms with E-state index in [4.69, 9.17) is 11.6 Å². The SMILES string of the molecule is O=C(Nc1ccc(Br)c(Cl)c1)[C@@H]1CCCNC1. The average Bonchev–Trinajstić information content (AvgIpc) is 2.35. The molecule has 3 nitrogen and oxygen atoms in total. The van der Waals surface area contributed by atoms with Gasteiger partial charge < -0.3 is 10.6 Å². The molecule has 1 heterocycles. The summed E-state index contributed by atoms with van der Waals surface area (Å²) < 4.78 is 0.830. The monoisotopic (exact) mass is 316 g/mol. The van der Waals surface area contributed by atoms with Crippen molar-refractivity contribution in [1.29, 1.82) is 0 Å². The molecule has 92 valence electrons. The van der Waals surface area contributed by atoms with Gasteiger partial charge in [-0.1, -0.05) is 11.6 Å². The normalized spacial score (nSPS) is 20.0. The second kappa shape index (κ2) is 5.85. The number of anilines is 1. The Morgan fingerprint density at radius 3 is 3.00 bits per heavy atom. The van der Waals surface area contributed by atoms with Gasteiger partial charge in [-0.2, -0.15) is 0 Å². The van der Waals surface area contributed by atoms with E-state index in [0.29, 0.717) is 5.02 Å². The van der Waals surface area contributed by atoms with Crippen molar-refractivity contribution < 1.29 is 4.79 Å². The summed E-state index contributed by atoms with van der Waals surface area (Å²) in [5.41, 5.74) is 0.744. The Labute approximate surface area is 114 Å². The van der Waals surface area contributed by atoms with Gasteiger partial charge >= 0.3 is 0 Å². The van der Waals surface area contributed by atoms with Crippen LogP contribution in [0.5, 0.6) is 0 Å². The van der Waals surface area contributed by atoms with Crippen LogP contribution in [0.15, 0.2) is 22.7 Å². The summed E-state index contributed by atoms with van der Waals surface area (Å²) in [6.07, 6.45) is 2.00. The predicted octanol–water partition coefficient (Wildman–Crippen LogP) is 3.04. The molecule has 2 N–H and O–H groups in total. The van der Waals surface area contributed by atoms with Gasteiger partial charge in [-0.25, -0.2) is 0 Å². The maximum absolute atomic E-state index is 12.0. The highest BCUT2D eigenvalue weighted by molar-refractivity contribution is 9.10. The predicted molar refractivity (Wildman–Crippen MR) is 73.4 cm³/mol. The Kier molecular flexibility index (Phi) is 4.42. The molecule has 2 rings (SSSR count). The van der Waals surface area contributed by atoms with E-state index in [1.54, 1.807) is 6.07 Å². The highest BCUT2D eigenvalue weighted by atomic mass is 79.9. The highest BCUT2D eigenvalue weighted by Crippen LogP contribution is 2.26. The molecule has 0 bridgehead atoms. The van der Waals surface area contributed by atoms with Gasteiger partial charge in [0.25, 0.3) is 0 Å². The molecular weight excluding hydrogens is 304 g/mol. The van der Waals surface area contributed by atoms with Crippen LogP contribution in [0.2, 0.25) is 5.02 Å². The molecule has 0 saturated carbocycles. The minimum absolute atomic E-state index is 0.0613. The number of piperidine rings is 1. The lowest BCUT2D eigenvalue weighted by molar-refractivity contribution is -0.120. The van der Waals surface area contributed by atoms with Gasteiger partial charge in [0.2, 0.25) is 5.91 Å². The smallest absolute Gasteiger partial charge is 0.228 e. The molecule has 5 heteroatoms. The van der Waals surface area contributed by atoms with Gasteiger partial charge in [0.15, 0.2) is 0 Å². The first-order chi connectivity index (χ1) is 8.16. The minimum Gasteiger partial charge on any atom is -0.326 e. The molecule has 0 spiro atoms. The van der Waals surface area contributed by atoms with Crippen molar-refractivity contribution in [2.45, 2.75) is 12.8 Å². The first-order valence-electron chi connectivity index (χ1n) is 5.63. The molecule has 1 fully saturated rings. The topological polar surface area (TPSA) is 41.1 Å². The first-order valence-corrected chi connectivity index (χ1v) is 6.80. The number of halogens is 2. The summed E-state index contributed by atoms with van der Waals surface area (Å²) in [5.74, 6) is 0.127. The Balaban J connectivity index is 1.99. The maximum Gasteiger partial charge on any atom is 0.228 e. The second-order valence-corrected chi connectivity index (χ2v) is 5.42. The number of amides is 1. The van der Waals surface area contributed by atoms with Crippen molar-refractivity contribution in [3.63, 3.8) is 0 Å². The third-order valence-electron chi connectivity index (χ3n) is 2.85. The molecular formula is C12H14BrClN2O. The zero-order chi connectivity index (χ0) is 12.3. The van der Waals surface area contributed by atoms with E-state index in [1.807, 2.05) is 12.1 Å². The number of hydrogen-bond donors (Lipinski definition) is 2. The van der Waals surface area contributed by atoms with Crippen molar-refractivity contribution in [3.05, 3.63) is 27.7 Å². The van der Waals surface area contributed by atoms with Gasteiger partial charge in [-0.05, 0) is 53.5 Å². The lowest BCUT2D eigenvalue weighted by Gasteiger charge is -2.21. The molecule has 1 aromatic rings. The van der Waals surface area contributed by atoms with E-state index in [1.165, 1.54) is 0 Å². The zero-order valence-electron chi connectivity index (χ0n) is 9.30. The first kappa shape index (κ1) is 12.9. The molecule has 1 aromatic carbocycles. The standard InChI is InChI=1S/C12H14BrClN2O/c13-10-4-3-9(6-11(10)14)16-12(17)8-2-1-5-15-7-8/h3-4,6,8,15H,1-2,5,7H2,(H,16,17)/t8-/m1/s1. The molecule has 0 radical (unpaired) electrons. The number of carbonyl (C=O) groups is 1. The van der Waals surface area contributed by atoms with Gasteiger partial charge in [-0.3, -0.25) is 4.79 Å². The third kappa shape index (κ3) is 3.44. The van der Waals surface area contributed by atoms with Crippen LogP contribution in [0.1, 0.15) is 12.8 Å². The van der Waals surface area contributed by atoms with E-state index >= 15 is 0 Å². The zero-order valence-corrected chi connectivity index (χ0v) is 11.6. The number of benzene rings is 1. The quantitative estimate of drug-likeness (QED) is 0.880. The van der Waals surface area contributed by atoms with E-state index in [0.717, 1.165) is 36.1 Å². The molecule has 17 heavy (non-hydrogen) atoms. The van der Waals surface area contributed by atoms with Gasteiger partial charge in [0.05, 0.1) is 10.9 Å².